The van der Waals surface area contributed by atoms with Crippen LogP contribution in [0.2, 0.25) is 0 Å². The van der Waals surface area contributed by atoms with Crippen molar-refractivity contribution in [2.75, 3.05) is 254 Å². The summed E-state index contributed by atoms with van der Waals surface area (Å²) in [4.78, 5) is 85.8. The van der Waals surface area contributed by atoms with Gasteiger partial charge in [-0.05, 0) is 20.4 Å². The maximum absolute atomic E-state index is 11.7. The lowest BCUT2D eigenvalue weighted by molar-refractivity contribution is -0.189. The molecule has 0 aliphatic carbocycles. The van der Waals surface area contributed by atoms with E-state index in [-0.39, 0.29) is 85.2 Å². The van der Waals surface area contributed by atoms with Crippen molar-refractivity contribution in [2.24, 2.45) is 0 Å². The lowest BCUT2D eigenvalue weighted by Crippen LogP contribution is -2.57. The minimum Gasteiger partial charge on any atom is -0.367 e. The highest BCUT2D eigenvalue weighted by Gasteiger charge is 2.29. The van der Waals surface area contributed by atoms with Crippen LogP contribution in [0.25, 0.3) is 0 Å². The molecule has 6 amide bonds. The molecule has 474 valence electrons. The van der Waals surface area contributed by atoms with Gasteiger partial charge in [-0.1, -0.05) is 0 Å². The third kappa shape index (κ3) is 28.1. The molecule has 3 fully saturated rings. The molecule has 5 rings (SSSR count). The standard InChI is InChI=1S/C15H30N6O6.C8H15N5O2.C8H17N3O3.C8H16N2O3.C7H14N2O4/c1-22-8-19(9-23-2)14-16-13(7-21(27-6)12-26-5)17-15(18-14)20(10-24-3)11-25-4;1-6-10-7(9-5-14-3)12-8(11-6)13(2)15-4;1-9-4-10(6-13-2)8(12)11(5-9)7-14-3;1-12-6-9-4-3-5-10(7-13-2)8(9)11;1-11-3-8-5-13-6-9(4-12-2)7(8)10/h7-12H2,1-6H3;5H2,1-4H3,(H,9,10,11,12);4-7H2,1-3H3;3-7H2,1-2H3;3-6H2,1-2H3. The molecule has 3 aliphatic heterocycles. The van der Waals surface area contributed by atoms with Gasteiger partial charge in [-0.15, -0.1) is 0 Å². The topological polar surface area (TPSA) is 315 Å². The van der Waals surface area contributed by atoms with Crippen molar-refractivity contribution in [3.63, 3.8) is 0 Å². The second kappa shape index (κ2) is 44.9. The first kappa shape index (κ1) is 74.4. The van der Waals surface area contributed by atoms with E-state index in [1.54, 1.807) is 134 Å². The molecule has 0 spiro atoms. The van der Waals surface area contributed by atoms with E-state index in [0.717, 1.165) is 19.5 Å². The lowest BCUT2D eigenvalue weighted by atomic mass is 10.3. The fourth-order valence-electron chi connectivity index (χ4n) is 6.96. The molecular weight excluding hydrogens is 1090 g/mol. The number of methoxy groups -OCH3 is 12. The summed E-state index contributed by atoms with van der Waals surface area (Å²) in [5, 5.41) is 5.91. The maximum atomic E-state index is 11.7. The SMILES string of the molecule is COCN(Cc1nc(N(COC)COC)nc(N(COC)COC)n1)OC.COCN1CCCN(COC)C1=O.COCN1CN(C)CN(COC)C1=O.COCN1COCN(COC)C1=O.COCNc1nc(C)nc(N(C)OC)n1. The quantitative estimate of drug-likeness (QED) is 0.0746. The van der Waals surface area contributed by atoms with Crippen molar-refractivity contribution in [3.8, 4) is 0 Å². The highest BCUT2D eigenvalue weighted by Crippen LogP contribution is 2.17. The molecule has 0 bridgehead atoms. The Kier molecular flexibility index (Phi) is 40.7. The number of carbonyl (C=O) groups is 3. The van der Waals surface area contributed by atoms with Crippen LogP contribution < -0.4 is 20.2 Å². The average molecular weight is 1190 g/mol. The van der Waals surface area contributed by atoms with Crippen molar-refractivity contribution in [1.82, 2.24) is 69.3 Å². The van der Waals surface area contributed by atoms with Gasteiger partial charge in [-0.25, -0.2) is 19.4 Å². The molecule has 2 aromatic heterocycles. The number of amides is 6. The predicted octanol–water partition coefficient (Wildman–Crippen LogP) is 0.0246. The first-order chi connectivity index (χ1) is 39.6. The highest BCUT2D eigenvalue weighted by atomic mass is 16.7. The molecule has 0 atom stereocenters. The Hall–Kier alpha value is -5.65. The van der Waals surface area contributed by atoms with E-state index in [9.17, 15) is 14.4 Å². The van der Waals surface area contributed by atoms with Gasteiger partial charge in [0.05, 0.1) is 34.1 Å². The fourth-order valence-corrected chi connectivity index (χ4v) is 6.96. The summed E-state index contributed by atoms with van der Waals surface area (Å²) in [7, 11) is 25.6. The molecule has 3 saturated heterocycles. The number of hydrogen-bond donors (Lipinski definition) is 1. The molecule has 0 saturated carbocycles. The van der Waals surface area contributed by atoms with E-state index in [4.69, 9.17) is 71.3 Å². The number of nitrogens with zero attached hydrogens (tertiary/aromatic N) is 17. The molecule has 5 heterocycles. The van der Waals surface area contributed by atoms with Gasteiger partial charge >= 0.3 is 18.1 Å². The normalized spacial score (nSPS) is 14.6. The van der Waals surface area contributed by atoms with E-state index in [1.165, 1.54) is 29.1 Å². The van der Waals surface area contributed by atoms with Gasteiger partial charge in [0.2, 0.25) is 17.8 Å². The Morgan fingerprint density at radius 2 is 0.890 bits per heavy atom. The summed E-state index contributed by atoms with van der Waals surface area (Å²) in [6, 6.07) is -0.184. The minimum atomic E-state index is -0.130. The number of ether oxygens (including phenoxy) is 13. The molecule has 0 radical (unpaired) electrons. The number of hydroxylamine groups is 3. The van der Waals surface area contributed by atoms with Crippen LogP contribution in [-0.4, -0.2) is 322 Å². The summed E-state index contributed by atoms with van der Waals surface area (Å²) >= 11 is 0. The number of anilines is 4. The molecular formula is C46H92N18O18. The Morgan fingerprint density at radius 3 is 1.29 bits per heavy atom. The predicted molar refractivity (Wildman–Crippen MR) is 293 cm³/mol. The van der Waals surface area contributed by atoms with Gasteiger partial charge in [0.1, 0.15) is 100 Å². The molecule has 1 N–H and O–H groups in total. The van der Waals surface area contributed by atoms with Crippen molar-refractivity contribution >= 4 is 41.9 Å². The van der Waals surface area contributed by atoms with Gasteiger partial charge in [0, 0.05) is 105 Å². The minimum absolute atomic E-state index is 0.00468. The smallest absolute Gasteiger partial charge is 0.327 e. The van der Waals surface area contributed by atoms with Crippen molar-refractivity contribution in [2.45, 2.75) is 19.9 Å². The molecule has 2 aromatic rings. The van der Waals surface area contributed by atoms with Crippen LogP contribution in [0.15, 0.2) is 0 Å². The summed E-state index contributed by atoms with van der Waals surface area (Å²) in [5.74, 6) is 2.78. The van der Waals surface area contributed by atoms with Gasteiger partial charge < -0.3 is 76.7 Å². The number of hydrogen-bond acceptors (Lipinski definition) is 30. The monoisotopic (exact) mass is 1180 g/mol. The first-order valence-corrected chi connectivity index (χ1v) is 25.1. The Labute approximate surface area is 481 Å². The molecule has 82 heavy (non-hydrogen) atoms. The lowest BCUT2D eigenvalue weighted by Gasteiger charge is -2.39. The van der Waals surface area contributed by atoms with Crippen LogP contribution in [-0.2, 0) is 77.8 Å². The number of aryl methyl sites for hydroxylation is 1. The number of urea groups is 3. The van der Waals surface area contributed by atoms with Crippen LogP contribution in [0.1, 0.15) is 18.1 Å². The fraction of sp³-hybridized carbons (Fsp3) is 0.804. The summed E-state index contributed by atoms with van der Waals surface area (Å²) in [6.07, 6.45) is 0.971. The zero-order valence-electron chi connectivity index (χ0n) is 51.1. The number of rotatable bonds is 32. The third-order valence-electron chi connectivity index (χ3n) is 10.4. The molecule has 0 aromatic carbocycles. The maximum Gasteiger partial charge on any atom is 0.327 e. The van der Waals surface area contributed by atoms with Crippen LogP contribution >= 0.6 is 0 Å². The first-order valence-electron chi connectivity index (χ1n) is 25.1. The molecule has 0 unspecified atom stereocenters. The molecule has 36 heteroatoms. The van der Waals surface area contributed by atoms with E-state index >= 15 is 0 Å². The summed E-state index contributed by atoms with van der Waals surface area (Å²) < 4.78 is 65.3. The van der Waals surface area contributed by atoms with E-state index < -0.39 is 0 Å². The second-order valence-corrected chi connectivity index (χ2v) is 17.1. The van der Waals surface area contributed by atoms with Gasteiger partial charge in [0.15, 0.2) is 5.82 Å². The molecule has 36 nitrogen and oxygen atoms in total. The van der Waals surface area contributed by atoms with Gasteiger partial charge in [-0.2, -0.15) is 35.0 Å². The Bertz CT molecular complexity index is 1860. The average Bonchev–Trinajstić information content (AvgIpc) is 3.49. The van der Waals surface area contributed by atoms with Crippen molar-refractivity contribution in [3.05, 3.63) is 11.6 Å². The van der Waals surface area contributed by atoms with Crippen molar-refractivity contribution in [1.29, 1.82) is 0 Å². The number of aromatic nitrogens is 6. The number of nitrogens with one attached hydrogen (secondary N) is 1. The zero-order chi connectivity index (χ0) is 61.2. The van der Waals surface area contributed by atoms with Crippen LogP contribution in [0, 0.1) is 6.92 Å². The Balaban J connectivity index is 0.000000532. The van der Waals surface area contributed by atoms with Crippen LogP contribution in [0.5, 0.6) is 0 Å². The van der Waals surface area contributed by atoms with E-state index in [0.29, 0.717) is 82.4 Å². The largest absolute Gasteiger partial charge is 0.367 e. The van der Waals surface area contributed by atoms with Crippen molar-refractivity contribution < 1.29 is 85.6 Å². The van der Waals surface area contributed by atoms with Crippen LogP contribution in [0.3, 0.4) is 0 Å². The Morgan fingerprint density at radius 1 is 0.476 bits per heavy atom. The second-order valence-electron chi connectivity index (χ2n) is 17.1. The number of carbonyl (C=O) groups excluding carboxylic acids is 3. The summed E-state index contributed by atoms with van der Waals surface area (Å²) in [5.41, 5.74) is 0. The van der Waals surface area contributed by atoms with Gasteiger partial charge in [0.25, 0.3) is 5.95 Å². The molecule has 3 aliphatic rings. The van der Waals surface area contributed by atoms with E-state index in [2.05, 4.69) is 35.2 Å². The highest BCUT2D eigenvalue weighted by molar-refractivity contribution is 5.75. The van der Waals surface area contributed by atoms with Crippen LogP contribution in [0.4, 0.5) is 38.2 Å². The van der Waals surface area contributed by atoms with Gasteiger partial charge in [-0.3, -0.25) is 44.0 Å². The zero-order valence-corrected chi connectivity index (χ0v) is 51.1. The van der Waals surface area contributed by atoms with E-state index in [1.807, 2.05) is 11.9 Å². The third-order valence-corrected chi connectivity index (χ3v) is 10.4. The summed E-state index contributed by atoms with van der Waals surface area (Å²) in [6.45, 7) is 8.74.